The van der Waals surface area contributed by atoms with Gasteiger partial charge in [-0.05, 0) is 48.8 Å². The van der Waals surface area contributed by atoms with E-state index in [1.807, 2.05) is 30.9 Å². The molecule has 0 saturated heterocycles. The van der Waals surface area contributed by atoms with Crippen LogP contribution in [-0.4, -0.2) is 23.0 Å². The van der Waals surface area contributed by atoms with Gasteiger partial charge in [-0.25, -0.2) is 0 Å². The zero-order chi connectivity index (χ0) is 29.7. The Hall–Kier alpha value is -3.67. The molecule has 6 rings (SSSR count). The molecule has 2 aromatic rings. The van der Waals surface area contributed by atoms with Gasteiger partial charge in [0.05, 0.1) is 16.8 Å². The molecule has 3 aliphatic heterocycles. The van der Waals surface area contributed by atoms with Crippen LogP contribution in [0.3, 0.4) is 0 Å². The van der Waals surface area contributed by atoms with Gasteiger partial charge in [0.2, 0.25) is 5.91 Å². The summed E-state index contributed by atoms with van der Waals surface area (Å²) in [6.45, 7) is 14.3. The number of nitrogens with zero attached hydrogens (tertiary/aromatic N) is 1. The number of rotatable bonds is 4. The van der Waals surface area contributed by atoms with Gasteiger partial charge in [-0.2, -0.15) is 0 Å². The molecule has 0 saturated carbocycles. The van der Waals surface area contributed by atoms with Crippen LogP contribution < -0.4 is 10.6 Å². The van der Waals surface area contributed by atoms with E-state index in [9.17, 15) is 9.59 Å². The minimum Gasteiger partial charge on any atom is -0.445 e. The van der Waals surface area contributed by atoms with Gasteiger partial charge in [-0.1, -0.05) is 77.1 Å². The minimum atomic E-state index is -1.63. The summed E-state index contributed by atoms with van der Waals surface area (Å²) in [7, 11) is 0. The van der Waals surface area contributed by atoms with Gasteiger partial charge in [0.15, 0.2) is 17.4 Å². The Balaban J connectivity index is 1.79. The number of carbonyl (C=O) groups is 3. The number of hydrogen-bond donors (Lipinski definition) is 1. The molecule has 1 amide bonds. The molecule has 0 fully saturated rings. The van der Waals surface area contributed by atoms with Crippen LogP contribution in [0.4, 0.5) is 5.69 Å². The van der Waals surface area contributed by atoms with Crippen molar-refractivity contribution in [3.63, 3.8) is 0 Å². The molecule has 0 radical (unpaired) electrons. The smallest absolute Gasteiger partial charge is 0.247 e. The zero-order valence-corrected chi connectivity index (χ0v) is 25.2. The van der Waals surface area contributed by atoms with E-state index in [2.05, 4.69) is 58.0 Å². The first kappa shape index (κ1) is 27.5. The molecule has 2 atom stereocenters. The Morgan fingerprint density at radius 3 is 2.27 bits per heavy atom. The third-order valence-electron chi connectivity index (χ3n) is 9.79. The number of allylic oxidation sites excluding steroid dienone is 1. The lowest BCUT2D eigenvalue weighted by atomic mass is 9.60. The maximum atomic E-state index is 15.3. The number of carbonyl (C=O) groups excluding carboxylic acids is 3. The number of anilines is 1. The van der Waals surface area contributed by atoms with Crippen LogP contribution in [0.25, 0.3) is 0 Å². The van der Waals surface area contributed by atoms with Crippen LogP contribution in [0.5, 0.6) is 0 Å². The second-order valence-electron chi connectivity index (χ2n) is 13.8. The number of hydrogen-bond acceptors (Lipinski definition) is 5. The summed E-state index contributed by atoms with van der Waals surface area (Å²) in [6.07, 6.45) is 2.26. The van der Waals surface area contributed by atoms with Crippen LogP contribution in [0, 0.1) is 5.41 Å². The Labute approximate surface area is 242 Å². The van der Waals surface area contributed by atoms with E-state index in [4.69, 9.17) is 10.5 Å². The highest BCUT2D eigenvalue weighted by molar-refractivity contribution is 6.25. The van der Waals surface area contributed by atoms with E-state index in [0.717, 1.165) is 23.2 Å². The number of nitrogens with two attached hydrogens (primary N) is 1. The predicted octanol–water partition coefficient (Wildman–Crippen LogP) is 6.14. The van der Waals surface area contributed by atoms with Crippen LogP contribution in [0.2, 0.25) is 0 Å². The normalized spacial score (nSPS) is 27.6. The molecule has 4 aliphatic rings. The summed E-state index contributed by atoms with van der Waals surface area (Å²) >= 11 is 0. The zero-order valence-electron chi connectivity index (χ0n) is 25.2. The topological polar surface area (TPSA) is 89.7 Å². The summed E-state index contributed by atoms with van der Waals surface area (Å²) in [5.74, 6) is -0.347. The van der Waals surface area contributed by atoms with Crippen molar-refractivity contribution in [3.05, 3.63) is 87.5 Å². The Kier molecular flexibility index (Phi) is 5.81. The van der Waals surface area contributed by atoms with E-state index in [-0.39, 0.29) is 47.2 Å². The van der Waals surface area contributed by atoms with E-state index in [1.54, 1.807) is 6.92 Å². The Morgan fingerprint density at radius 1 is 0.976 bits per heavy atom. The van der Waals surface area contributed by atoms with E-state index in [1.165, 1.54) is 5.56 Å². The lowest BCUT2D eigenvalue weighted by Gasteiger charge is -2.50. The van der Waals surface area contributed by atoms with Crippen molar-refractivity contribution in [1.82, 2.24) is 0 Å². The van der Waals surface area contributed by atoms with Crippen LogP contribution in [0.1, 0.15) is 96.4 Å². The molecule has 2 aromatic carbocycles. The summed E-state index contributed by atoms with van der Waals surface area (Å²) < 4.78 is 6.14. The van der Waals surface area contributed by atoms with Crippen molar-refractivity contribution in [1.29, 1.82) is 0 Å². The first-order valence-electron chi connectivity index (χ1n) is 14.8. The molecule has 2 unspecified atom stereocenters. The van der Waals surface area contributed by atoms with E-state index in [0.29, 0.717) is 29.7 Å². The van der Waals surface area contributed by atoms with Crippen molar-refractivity contribution in [2.45, 2.75) is 96.9 Å². The minimum absolute atomic E-state index is 0.0615. The number of benzene rings is 2. The lowest BCUT2D eigenvalue weighted by Crippen LogP contribution is -2.58. The summed E-state index contributed by atoms with van der Waals surface area (Å²) in [5.41, 5.74) is 8.76. The lowest BCUT2D eigenvalue weighted by molar-refractivity contribution is -0.128. The summed E-state index contributed by atoms with van der Waals surface area (Å²) in [6, 6.07) is 14.7. The molecular weight excluding hydrogens is 512 g/mol. The van der Waals surface area contributed by atoms with Crippen molar-refractivity contribution in [2.24, 2.45) is 11.1 Å². The van der Waals surface area contributed by atoms with Crippen LogP contribution in [-0.2, 0) is 36.4 Å². The second-order valence-corrected chi connectivity index (χ2v) is 13.8. The van der Waals surface area contributed by atoms with Gasteiger partial charge in [0.25, 0.3) is 0 Å². The fourth-order valence-electron chi connectivity index (χ4n) is 8.18. The number of ketones is 2. The standard InChI is InChI=1S/C35H40N2O4/c1-8-20-15-22-29-23(16-20)35(31(40)37(29)33(5,6)19-34(22,7)21-13-11-10-12-14-21)27-25(39)17-32(3,4)18-26(27)41-30(36)28(35)24(38)9-2/h10-16H,8-9,17-19,36H2,1-7H3. The summed E-state index contributed by atoms with van der Waals surface area (Å²) in [5, 5.41) is 0. The molecule has 41 heavy (non-hydrogen) atoms. The van der Waals surface area contributed by atoms with E-state index >= 15 is 4.79 Å². The maximum absolute atomic E-state index is 15.3. The molecule has 6 heteroatoms. The fourth-order valence-corrected chi connectivity index (χ4v) is 8.18. The molecule has 6 nitrogen and oxygen atoms in total. The summed E-state index contributed by atoms with van der Waals surface area (Å²) in [4.78, 5) is 45.2. The van der Waals surface area contributed by atoms with Gasteiger partial charge in [0.1, 0.15) is 11.2 Å². The van der Waals surface area contributed by atoms with Crippen molar-refractivity contribution >= 4 is 23.2 Å². The van der Waals surface area contributed by atoms with Gasteiger partial charge in [-0.3, -0.25) is 14.4 Å². The highest BCUT2D eigenvalue weighted by Gasteiger charge is 2.67. The van der Waals surface area contributed by atoms with Gasteiger partial charge in [-0.15, -0.1) is 0 Å². The average Bonchev–Trinajstić information content (AvgIpc) is 3.15. The Morgan fingerprint density at radius 2 is 1.63 bits per heavy atom. The number of amides is 1. The number of ether oxygens (including phenoxy) is 1. The highest BCUT2D eigenvalue weighted by atomic mass is 16.5. The second kappa shape index (κ2) is 8.67. The average molecular weight is 553 g/mol. The molecule has 1 spiro atoms. The highest BCUT2D eigenvalue weighted by Crippen LogP contribution is 2.64. The quantitative estimate of drug-likeness (QED) is 0.492. The van der Waals surface area contributed by atoms with Gasteiger partial charge < -0.3 is 15.4 Å². The molecule has 214 valence electrons. The maximum Gasteiger partial charge on any atom is 0.247 e. The predicted molar refractivity (Wildman–Crippen MR) is 159 cm³/mol. The number of fused-ring (bicyclic) bond motifs is 2. The van der Waals surface area contributed by atoms with Crippen molar-refractivity contribution in [2.75, 3.05) is 4.90 Å². The largest absolute Gasteiger partial charge is 0.445 e. The molecule has 2 N–H and O–H groups in total. The van der Waals surface area contributed by atoms with Crippen LogP contribution >= 0.6 is 0 Å². The molecule has 0 aromatic heterocycles. The third-order valence-corrected chi connectivity index (χ3v) is 9.79. The Bertz CT molecular complexity index is 1600. The number of aryl methyl sites for hydroxylation is 1. The first-order chi connectivity index (χ1) is 19.2. The van der Waals surface area contributed by atoms with Crippen LogP contribution in [0.15, 0.2) is 65.3 Å². The van der Waals surface area contributed by atoms with Gasteiger partial charge >= 0.3 is 0 Å². The fraction of sp³-hybridized carbons (Fsp3) is 0.457. The van der Waals surface area contributed by atoms with E-state index < -0.39 is 16.4 Å². The SMILES string of the molecule is CCC(=O)C1=C(N)OC2=C(C(=O)CC(C)(C)C2)C12C(=O)N1c3c2cc(CC)cc3C(C)(c2ccccc2)CC1(C)C. The van der Waals surface area contributed by atoms with Crippen molar-refractivity contribution < 1.29 is 19.1 Å². The first-order valence-corrected chi connectivity index (χ1v) is 14.8. The molecule has 1 aliphatic carbocycles. The molecule has 0 bridgehead atoms. The van der Waals surface area contributed by atoms with Crippen molar-refractivity contribution in [3.8, 4) is 0 Å². The molecule has 3 heterocycles. The van der Waals surface area contributed by atoms with Gasteiger partial charge in [0, 0.05) is 35.8 Å². The number of Topliss-reactive ketones (excluding diaryl/α,β-unsaturated/α-hetero) is 2. The third kappa shape index (κ3) is 3.52. The monoisotopic (exact) mass is 552 g/mol. The molecular formula is C35H40N2O4.